The largest absolute Gasteiger partial charge is 0.376 e. The summed E-state index contributed by atoms with van der Waals surface area (Å²) in [6.45, 7) is 1.32. The van der Waals surface area contributed by atoms with E-state index in [4.69, 9.17) is 15.6 Å². The maximum Gasteiger partial charge on any atom is 0.149 e. The minimum absolute atomic E-state index is 0.513. The van der Waals surface area contributed by atoms with Gasteiger partial charge in [-0.15, -0.1) is 0 Å². The van der Waals surface area contributed by atoms with Crippen molar-refractivity contribution >= 4 is 5.82 Å². The third-order valence-electron chi connectivity index (χ3n) is 3.95. The molecule has 0 unspecified atom stereocenters. The van der Waals surface area contributed by atoms with E-state index >= 15 is 0 Å². The maximum absolute atomic E-state index is 5.58. The highest BCUT2D eigenvalue weighted by atomic mass is 16.5. The van der Waals surface area contributed by atoms with E-state index in [0.29, 0.717) is 12.5 Å². The Morgan fingerprint density at radius 3 is 2.78 bits per heavy atom. The van der Waals surface area contributed by atoms with Crippen LogP contribution in [0.25, 0.3) is 0 Å². The van der Waals surface area contributed by atoms with Gasteiger partial charge in [0.15, 0.2) is 0 Å². The Labute approximate surface area is 107 Å². The molecule has 0 spiro atoms. The number of nitrogens with one attached hydrogen (secondary N) is 1. The van der Waals surface area contributed by atoms with Gasteiger partial charge < -0.3 is 10.2 Å². The lowest BCUT2D eigenvalue weighted by Gasteiger charge is -2.24. The number of aromatic nitrogens is 2. The standard InChI is InChI=1S/C13H20N4O/c14-17-13-10-8-18-7-6-11(10)15-12(16-13)9-4-2-1-3-5-9/h9H,1-8,14H2,(H,15,16,17). The molecular weight excluding hydrogens is 228 g/mol. The highest BCUT2D eigenvalue weighted by molar-refractivity contribution is 5.46. The van der Waals surface area contributed by atoms with Crippen molar-refractivity contribution in [3.63, 3.8) is 0 Å². The van der Waals surface area contributed by atoms with Crippen LogP contribution >= 0.6 is 0 Å². The van der Waals surface area contributed by atoms with E-state index in [2.05, 4.69) is 10.4 Å². The predicted octanol–water partition coefficient (Wildman–Crippen LogP) is 1.88. The number of nitrogens with two attached hydrogens (primary N) is 1. The summed E-state index contributed by atoms with van der Waals surface area (Å²) in [7, 11) is 0. The number of ether oxygens (including phenoxy) is 1. The van der Waals surface area contributed by atoms with Gasteiger partial charge in [0, 0.05) is 17.9 Å². The van der Waals surface area contributed by atoms with Crippen molar-refractivity contribution in [3.8, 4) is 0 Å². The zero-order chi connectivity index (χ0) is 12.4. The van der Waals surface area contributed by atoms with Gasteiger partial charge in [-0.3, -0.25) is 0 Å². The first kappa shape index (κ1) is 11.9. The molecule has 0 bridgehead atoms. The summed E-state index contributed by atoms with van der Waals surface area (Å²) in [4.78, 5) is 9.36. The lowest BCUT2D eigenvalue weighted by atomic mass is 9.88. The van der Waals surface area contributed by atoms with E-state index in [1.807, 2.05) is 0 Å². The molecule has 1 aromatic rings. The SMILES string of the molecule is NNc1nc(C2CCCCC2)nc2c1COCC2. The number of fused-ring (bicyclic) bond motifs is 1. The third kappa shape index (κ3) is 2.20. The normalized spacial score (nSPS) is 20.5. The Morgan fingerprint density at radius 1 is 1.17 bits per heavy atom. The number of anilines is 1. The van der Waals surface area contributed by atoms with Crippen LogP contribution in [-0.2, 0) is 17.8 Å². The minimum atomic E-state index is 0.513. The molecule has 98 valence electrons. The highest BCUT2D eigenvalue weighted by Crippen LogP contribution is 2.32. The third-order valence-corrected chi connectivity index (χ3v) is 3.95. The molecule has 0 amide bonds. The maximum atomic E-state index is 5.58. The quantitative estimate of drug-likeness (QED) is 0.617. The molecule has 0 atom stereocenters. The van der Waals surface area contributed by atoms with Gasteiger partial charge in [-0.25, -0.2) is 15.8 Å². The number of nitrogens with zero attached hydrogens (tertiary/aromatic N) is 2. The number of hydrazine groups is 1. The monoisotopic (exact) mass is 248 g/mol. The summed E-state index contributed by atoms with van der Waals surface area (Å²) in [5.41, 5.74) is 4.85. The van der Waals surface area contributed by atoms with Gasteiger partial charge in [0.25, 0.3) is 0 Å². The second kappa shape index (κ2) is 5.20. The molecule has 3 N–H and O–H groups in total. The molecule has 0 aromatic carbocycles. The van der Waals surface area contributed by atoms with Crippen LogP contribution in [0, 0.1) is 0 Å². The van der Waals surface area contributed by atoms with Crippen molar-refractivity contribution in [1.82, 2.24) is 9.97 Å². The van der Waals surface area contributed by atoms with Gasteiger partial charge >= 0.3 is 0 Å². The van der Waals surface area contributed by atoms with Crippen LogP contribution in [0.3, 0.4) is 0 Å². The van der Waals surface area contributed by atoms with Crippen LogP contribution in [0.5, 0.6) is 0 Å². The average Bonchev–Trinajstić information content (AvgIpc) is 2.47. The van der Waals surface area contributed by atoms with Gasteiger partial charge in [0.05, 0.1) is 18.9 Å². The molecule has 1 saturated carbocycles. The fourth-order valence-electron chi connectivity index (χ4n) is 2.91. The molecule has 5 heteroatoms. The number of nitrogen functional groups attached to an aromatic ring is 1. The molecule has 0 saturated heterocycles. The first-order chi connectivity index (χ1) is 8.88. The molecule has 0 radical (unpaired) electrons. The summed E-state index contributed by atoms with van der Waals surface area (Å²) >= 11 is 0. The summed E-state index contributed by atoms with van der Waals surface area (Å²) in [6, 6.07) is 0. The molecule has 1 aliphatic heterocycles. The smallest absolute Gasteiger partial charge is 0.149 e. The first-order valence-corrected chi connectivity index (χ1v) is 6.82. The Kier molecular flexibility index (Phi) is 3.43. The molecule has 1 aliphatic carbocycles. The topological polar surface area (TPSA) is 73.1 Å². The summed E-state index contributed by atoms with van der Waals surface area (Å²) in [5, 5.41) is 0. The predicted molar refractivity (Wildman–Crippen MR) is 69.0 cm³/mol. The van der Waals surface area contributed by atoms with Crippen molar-refractivity contribution in [3.05, 3.63) is 17.1 Å². The molecule has 1 fully saturated rings. The molecule has 18 heavy (non-hydrogen) atoms. The zero-order valence-corrected chi connectivity index (χ0v) is 10.6. The lowest BCUT2D eigenvalue weighted by molar-refractivity contribution is 0.109. The fourth-order valence-corrected chi connectivity index (χ4v) is 2.91. The van der Waals surface area contributed by atoms with E-state index in [1.54, 1.807) is 0 Å². The second-order valence-corrected chi connectivity index (χ2v) is 5.14. The van der Waals surface area contributed by atoms with Gasteiger partial charge in [-0.1, -0.05) is 19.3 Å². The molecule has 2 heterocycles. The van der Waals surface area contributed by atoms with E-state index < -0.39 is 0 Å². The van der Waals surface area contributed by atoms with Gasteiger partial charge in [-0.2, -0.15) is 0 Å². The zero-order valence-electron chi connectivity index (χ0n) is 10.6. The van der Waals surface area contributed by atoms with Crippen molar-refractivity contribution in [2.45, 2.75) is 51.0 Å². The van der Waals surface area contributed by atoms with Gasteiger partial charge in [0.2, 0.25) is 0 Å². The van der Waals surface area contributed by atoms with E-state index in [0.717, 1.165) is 35.9 Å². The van der Waals surface area contributed by atoms with Crippen LogP contribution in [0.2, 0.25) is 0 Å². The van der Waals surface area contributed by atoms with Crippen LogP contribution in [0.15, 0.2) is 0 Å². The van der Waals surface area contributed by atoms with Crippen molar-refractivity contribution in [2.75, 3.05) is 12.0 Å². The fraction of sp³-hybridized carbons (Fsp3) is 0.692. The molecule has 2 aliphatic rings. The average molecular weight is 248 g/mol. The molecule has 3 rings (SSSR count). The first-order valence-electron chi connectivity index (χ1n) is 6.82. The van der Waals surface area contributed by atoms with E-state index in [9.17, 15) is 0 Å². The number of hydrogen-bond donors (Lipinski definition) is 2. The van der Waals surface area contributed by atoms with Crippen LogP contribution < -0.4 is 11.3 Å². The van der Waals surface area contributed by atoms with Crippen molar-refractivity contribution in [2.24, 2.45) is 5.84 Å². The Balaban J connectivity index is 1.94. The highest BCUT2D eigenvalue weighted by Gasteiger charge is 2.23. The Hall–Kier alpha value is -1.20. The number of hydrogen-bond acceptors (Lipinski definition) is 5. The van der Waals surface area contributed by atoms with Crippen molar-refractivity contribution in [1.29, 1.82) is 0 Å². The minimum Gasteiger partial charge on any atom is -0.376 e. The second-order valence-electron chi connectivity index (χ2n) is 5.14. The molecule has 1 aromatic heterocycles. The van der Waals surface area contributed by atoms with Crippen LogP contribution in [0.1, 0.15) is 55.1 Å². The van der Waals surface area contributed by atoms with Gasteiger partial charge in [-0.05, 0) is 12.8 Å². The van der Waals surface area contributed by atoms with Crippen LogP contribution in [-0.4, -0.2) is 16.6 Å². The van der Waals surface area contributed by atoms with Gasteiger partial charge in [0.1, 0.15) is 11.6 Å². The summed E-state index contributed by atoms with van der Waals surface area (Å²) < 4.78 is 5.45. The summed E-state index contributed by atoms with van der Waals surface area (Å²) in [6.07, 6.45) is 7.21. The van der Waals surface area contributed by atoms with E-state index in [-0.39, 0.29) is 0 Å². The summed E-state index contributed by atoms with van der Waals surface area (Å²) in [5.74, 6) is 7.81. The molecular formula is C13H20N4O. The van der Waals surface area contributed by atoms with Crippen LogP contribution in [0.4, 0.5) is 5.82 Å². The van der Waals surface area contributed by atoms with E-state index in [1.165, 1.54) is 32.1 Å². The van der Waals surface area contributed by atoms with Crippen molar-refractivity contribution < 1.29 is 4.74 Å². The lowest BCUT2D eigenvalue weighted by Crippen LogP contribution is -2.22. The number of rotatable bonds is 2. The molecule has 5 nitrogen and oxygen atoms in total. The Bertz CT molecular complexity index is 412. The Morgan fingerprint density at radius 2 is 2.00 bits per heavy atom.